The second kappa shape index (κ2) is 10.5. The third kappa shape index (κ3) is 5.68. The quantitative estimate of drug-likeness (QED) is 0.177. The van der Waals surface area contributed by atoms with E-state index in [1.54, 1.807) is 29.5 Å². The van der Waals surface area contributed by atoms with Gasteiger partial charge in [0.05, 0.1) is 0 Å². The molecule has 166 valence electrons. The molecule has 0 saturated carbocycles. The summed E-state index contributed by atoms with van der Waals surface area (Å²) in [5, 5.41) is 20.8. The van der Waals surface area contributed by atoms with Crippen LogP contribution < -0.4 is 21.7 Å². The first kappa shape index (κ1) is 22.9. The van der Waals surface area contributed by atoms with Crippen molar-refractivity contribution >= 4 is 23.1 Å². The van der Waals surface area contributed by atoms with E-state index in [1.807, 2.05) is 24.3 Å². The number of nitrogens with one attached hydrogen (secondary N) is 2. The minimum atomic E-state index is -0.331. The third-order valence-corrected chi connectivity index (χ3v) is 5.68. The zero-order valence-corrected chi connectivity index (χ0v) is 18.5. The number of rotatable bonds is 8. The summed E-state index contributed by atoms with van der Waals surface area (Å²) in [5.41, 5.74) is 7.32. The molecule has 6 N–H and O–H groups in total. The molecule has 0 spiro atoms. The zero-order valence-electron chi connectivity index (χ0n) is 17.7. The van der Waals surface area contributed by atoms with Gasteiger partial charge in [-0.2, -0.15) is 5.90 Å². The number of hydrogen-bond acceptors (Lipinski definition) is 9. The first-order valence-electron chi connectivity index (χ1n) is 9.77. The average Bonchev–Trinajstić information content (AvgIpc) is 3.29. The standard InChI is InChI=1S/C22H24N6O3S/c1-13(2)21-27-28-22(32-21)14-5-7-17(8-6-14)30-18-11-15(20(24)31-25)3-4-16(18)12-26-19(29)9-10-23/h3-11,13,24H,12,23,25H2,1-2H3,(H,26,29)/b10-9-,24-20?. The summed E-state index contributed by atoms with van der Waals surface area (Å²) in [6.07, 6.45) is 2.39. The first-order chi connectivity index (χ1) is 15.4. The fourth-order valence-corrected chi connectivity index (χ4v) is 3.56. The maximum absolute atomic E-state index is 11.7. The number of carbonyl (C=O) groups excluding carboxylic acids is 1. The Bertz CT molecular complexity index is 1120. The Kier molecular flexibility index (Phi) is 7.53. The fourth-order valence-electron chi connectivity index (χ4n) is 2.71. The summed E-state index contributed by atoms with van der Waals surface area (Å²) in [4.78, 5) is 16.2. The second-order valence-corrected chi connectivity index (χ2v) is 8.08. The maximum atomic E-state index is 11.7. The highest BCUT2D eigenvalue weighted by Gasteiger charge is 2.13. The van der Waals surface area contributed by atoms with Crippen LogP contribution in [0.15, 0.2) is 54.7 Å². The number of ether oxygens (including phenoxy) is 1. The molecule has 0 aliphatic rings. The highest BCUT2D eigenvalue weighted by atomic mass is 32.1. The first-order valence-corrected chi connectivity index (χ1v) is 10.6. The van der Waals surface area contributed by atoms with Crippen molar-refractivity contribution in [2.24, 2.45) is 11.6 Å². The molecular formula is C22H24N6O3S. The zero-order chi connectivity index (χ0) is 23.1. The van der Waals surface area contributed by atoms with Crippen LogP contribution in [0, 0.1) is 5.41 Å². The van der Waals surface area contributed by atoms with Gasteiger partial charge in [0.2, 0.25) is 11.8 Å². The Balaban J connectivity index is 1.83. The average molecular weight is 453 g/mol. The van der Waals surface area contributed by atoms with Gasteiger partial charge < -0.3 is 20.6 Å². The Morgan fingerprint density at radius 3 is 2.59 bits per heavy atom. The van der Waals surface area contributed by atoms with Gasteiger partial charge in [0.1, 0.15) is 21.5 Å². The van der Waals surface area contributed by atoms with E-state index in [9.17, 15) is 4.79 Å². The van der Waals surface area contributed by atoms with Crippen LogP contribution in [0.3, 0.4) is 0 Å². The Morgan fingerprint density at radius 2 is 1.97 bits per heavy atom. The minimum Gasteiger partial charge on any atom is -0.457 e. The van der Waals surface area contributed by atoms with Gasteiger partial charge >= 0.3 is 0 Å². The fraction of sp³-hybridized carbons (Fsp3) is 0.182. The molecule has 9 nitrogen and oxygen atoms in total. The normalized spacial score (nSPS) is 11.0. The highest BCUT2D eigenvalue weighted by Crippen LogP contribution is 2.31. The van der Waals surface area contributed by atoms with Gasteiger partial charge in [0, 0.05) is 35.2 Å². The van der Waals surface area contributed by atoms with Gasteiger partial charge in [0.15, 0.2) is 0 Å². The minimum absolute atomic E-state index is 0.205. The molecule has 0 aliphatic heterocycles. The Hall–Kier alpha value is -3.76. The van der Waals surface area contributed by atoms with Crippen molar-refractivity contribution in [1.29, 1.82) is 5.41 Å². The molecule has 0 atom stereocenters. The number of aromatic nitrogens is 2. The molecule has 32 heavy (non-hydrogen) atoms. The molecule has 3 aromatic rings. The molecule has 3 rings (SSSR count). The summed E-state index contributed by atoms with van der Waals surface area (Å²) in [6.45, 7) is 4.37. The third-order valence-electron chi connectivity index (χ3n) is 4.41. The summed E-state index contributed by atoms with van der Waals surface area (Å²) in [6, 6.07) is 12.5. The predicted octanol–water partition coefficient (Wildman–Crippen LogP) is 3.43. The maximum Gasteiger partial charge on any atom is 0.245 e. The van der Waals surface area contributed by atoms with Crippen molar-refractivity contribution in [1.82, 2.24) is 15.5 Å². The molecule has 0 saturated heterocycles. The highest BCUT2D eigenvalue weighted by molar-refractivity contribution is 7.14. The molecule has 0 aliphatic carbocycles. The molecule has 0 fully saturated rings. The summed E-state index contributed by atoms with van der Waals surface area (Å²) < 4.78 is 6.05. The van der Waals surface area contributed by atoms with Crippen LogP contribution in [-0.2, 0) is 16.2 Å². The lowest BCUT2D eigenvalue weighted by molar-refractivity contribution is -0.116. The lowest BCUT2D eigenvalue weighted by atomic mass is 10.1. The van der Waals surface area contributed by atoms with Crippen LogP contribution in [0.4, 0.5) is 0 Å². The molecule has 2 aromatic carbocycles. The summed E-state index contributed by atoms with van der Waals surface area (Å²) >= 11 is 1.56. The van der Waals surface area contributed by atoms with Crippen molar-refractivity contribution in [2.75, 3.05) is 0 Å². The molecule has 0 bridgehead atoms. The second-order valence-electron chi connectivity index (χ2n) is 7.07. The molecule has 1 aromatic heterocycles. The van der Waals surface area contributed by atoms with E-state index in [4.69, 9.17) is 21.8 Å². The predicted molar refractivity (Wildman–Crippen MR) is 123 cm³/mol. The van der Waals surface area contributed by atoms with Crippen LogP contribution in [0.5, 0.6) is 11.5 Å². The molecular weight excluding hydrogens is 428 g/mol. The van der Waals surface area contributed by atoms with E-state index < -0.39 is 0 Å². The summed E-state index contributed by atoms with van der Waals surface area (Å²) in [7, 11) is 0. The molecule has 0 unspecified atom stereocenters. The van der Waals surface area contributed by atoms with Gasteiger partial charge in [0.25, 0.3) is 0 Å². The van der Waals surface area contributed by atoms with Crippen LogP contribution in [0.2, 0.25) is 0 Å². The van der Waals surface area contributed by atoms with E-state index in [0.717, 1.165) is 15.6 Å². The molecule has 0 radical (unpaired) electrons. The lowest BCUT2D eigenvalue weighted by Gasteiger charge is -2.14. The van der Waals surface area contributed by atoms with Crippen molar-refractivity contribution < 1.29 is 14.4 Å². The number of nitrogens with two attached hydrogens (primary N) is 2. The van der Waals surface area contributed by atoms with E-state index in [0.29, 0.717) is 28.5 Å². The SMILES string of the molecule is CC(C)c1nnc(-c2ccc(Oc3cc(C(=N)ON)ccc3CNC(=O)/C=C\N)cc2)s1. The number of benzene rings is 2. The van der Waals surface area contributed by atoms with Crippen molar-refractivity contribution in [3.63, 3.8) is 0 Å². The van der Waals surface area contributed by atoms with Crippen LogP contribution >= 0.6 is 11.3 Å². The molecule has 10 heteroatoms. The Morgan fingerprint density at radius 1 is 1.22 bits per heavy atom. The van der Waals surface area contributed by atoms with E-state index >= 15 is 0 Å². The number of hydrogen-bond donors (Lipinski definition) is 4. The van der Waals surface area contributed by atoms with Crippen LogP contribution in [0.1, 0.15) is 35.9 Å². The van der Waals surface area contributed by atoms with Gasteiger partial charge in [-0.05, 0) is 42.6 Å². The van der Waals surface area contributed by atoms with Crippen molar-refractivity contribution in [3.05, 3.63) is 70.9 Å². The lowest BCUT2D eigenvalue weighted by Crippen LogP contribution is -2.21. The Labute approximate surface area is 189 Å². The largest absolute Gasteiger partial charge is 0.457 e. The smallest absolute Gasteiger partial charge is 0.245 e. The van der Waals surface area contributed by atoms with Crippen LogP contribution in [0.25, 0.3) is 10.6 Å². The van der Waals surface area contributed by atoms with Crippen molar-refractivity contribution in [2.45, 2.75) is 26.3 Å². The summed E-state index contributed by atoms with van der Waals surface area (Å²) in [5.74, 6) is 5.94. The van der Waals surface area contributed by atoms with Gasteiger partial charge in [-0.25, -0.2) is 0 Å². The topological polar surface area (TPSA) is 149 Å². The van der Waals surface area contributed by atoms with E-state index in [2.05, 4.69) is 34.2 Å². The molecule has 1 amide bonds. The molecule has 1 heterocycles. The van der Waals surface area contributed by atoms with E-state index in [-0.39, 0.29) is 18.3 Å². The number of nitrogens with zero attached hydrogens (tertiary/aromatic N) is 2. The van der Waals surface area contributed by atoms with E-state index in [1.165, 1.54) is 12.3 Å². The number of amides is 1. The van der Waals surface area contributed by atoms with Gasteiger partial charge in [-0.3, -0.25) is 10.2 Å². The monoisotopic (exact) mass is 452 g/mol. The van der Waals surface area contributed by atoms with Gasteiger partial charge in [-0.1, -0.05) is 31.3 Å². The van der Waals surface area contributed by atoms with Gasteiger partial charge in [-0.15, -0.1) is 10.2 Å². The van der Waals surface area contributed by atoms with Crippen LogP contribution in [-0.4, -0.2) is 22.0 Å². The van der Waals surface area contributed by atoms with Crippen molar-refractivity contribution in [3.8, 4) is 22.1 Å². The number of carbonyl (C=O) groups is 1.